The third-order valence-corrected chi connectivity index (χ3v) is 7.57. The summed E-state index contributed by atoms with van der Waals surface area (Å²) in [7, 11) is 0. The minimum atomic E-state index is -0.352. The number of hydrogen-bond acceptors (Lipinski definition) is 3. The van der Waals surface area contributed by atoms with Gasteiger partial charge in [0.2, 0.25) is 0 Å². The molecule has 4 heteroatoms. The number of nitrogens with zero attached hydrogens (tertiary/aromatic N) is 2. The maximum Gasteiger partial charge on any atom is 0.0846 e. The Kier molecular flexibility index (Phi) is 7.20. The van der Waals surface area contributed by atoms with Crippen molar-refractivity contribution in [2.75, 3.05) is 26.2 Å². The van der Waals surface area contributed by atoms with Gasteiger partial charge in [-0.25, -0.2) is 0 Å². The van der Waals surface area contributed by atoms with Gasteiger partial charge in [-0.2, -0.15) is 5.26 Å². The average Bonchev–Trinajstić information content (AvgIpc) is 2.89. The lowest BCUT2D eigenvalue weighted by atomic mass is 9.69. The van der Waals surface area contributed by atoms with Crippen molar-refractivity contribution in [2.24, 2.45) is 0 Å². The summed E-state index contributed by atoms with van der Waals surface area (Å²) in [6, 6.07) is 32.6. The number of ether oxygens (including phenoxy) is 1. The molecule has 0 aliphatic carbocycles. The second-order valence-corrected chi connectivity index (χ2v) is 9.25. The van der Waals surface area contributed by atoms with Gasteiger partial charge in [0, 0.05) is 5.41 Å². The molecule has 0 saturated carbocycles. The standard InChI is InChI=1S/C29H30N2O.ClH/c30-22-28(25-10-3-1-4-11-25)15-18-31(19-16-28)20-17-29(26-12-5-2-6-13-26)23-32-21-24-9-7-8-14-27(24)29;/h1-14H,15-21,23H2;1H. The zero-order valence-electron chi connectivity index (χ0n) is 19.0. The van der Waals surface area contributed by atoms with Crippen LogP contribution in [0, 0.1) is 11.3 Å². The van der Waals surface area contributed by atoms with Crippen LogP contribution in [0.3, 0.4) is 0 Å². The third-order valence-electron chi connectivity index (χ3n) is 7.57. The van der Waals surface area contributed by atoms with Crippen molar-refractivity contribution >= 4 is 12.4 Å². The summed E-state index contributed by atoms with van der Waals surface area (Å²) in [4.78, 5) is 2.54. The smallest absolute Gasteiger partial charge is 0.0846 e. The van der Waals surface area contributed by atoms with E-state index < -0.39 is 0 Å². The SMILES string of the molecule is Cl.N#CC1(c2ccccc2)CCN(CCC2(c3ccccc3)COCc3ccccc32)CC1. The van der Waals surface area contributed by atoms with Crippen molar-refractivity contribution in [1.29, 1.82) is 5.26 Å². The van der Waals surface area contributed by atoms with Crippen LogP contribution < -0.4 is 0 Å². The topological polar surface area (TPSA) is 36.3 Å². The van der Waals surface area contributed by atoms with Crippen LogP contribution in [-0.4, -0.2) is 31.1 Å². The largest absolute Gasteiger partial charge is 0.375 e. The minimum absolute atomic E-state index is 0. The summed E-state index contributed by atoms with van der Waals surface area (Å²) >= 11 is 0. The Morgan fingerprint density at radius 2 is 1.42 bits per heavy atom. The van der Waals surface area contributed by atoms with Crippen molar-refractivity contribution in [3.05, 3.63) is 107 Å². The van der Waals surface area contributed by atoms with E-state index in [1.54, 1.807) is 0 Å². The number of piperidine rings is 1. The molecule has 0 N–H and O–H groups in total. The molecule has 5 rings (SSSR count). The molecule has 33 heavy (non-hydrogen) atoms. The molecule has 0 bridgehead atoms. The van der Waals surface area contributed by atoms with Crippen LogP contribution in [0.2, 0.25) is 0 Å². The monoisotopic (exact) mass is 458 g/mol. The van der Waals surface area contributed by atoms with Crippen LogP contribution in [0.25, 0.3) is 0 Å². The molecule has 1 unspecified atom stereocenters. The van der Waals surface area contributed by atoms with Crippen LogP contribution in [0.1, 0.15) is 41.5 Å². The molecule has 2 aliphatic heterocycles. The molecule has 3 aromatic carbocycles. The van der Waals surface area contributed by atoms with E-state index in [9.17, 15) is 5.26 Å². The quantitative estimate of drug-likeness (QED) is 0.479. The zero-order valence-corrected chi connectivity index (χ0v) is 19.8. The number of nitriles is 1. The zero-order chi connectivity index (χ0) is 21.9. The predicted octanol–water partition coefficient (Wildman–Crippen LogP) is 5.87. The lowest BCUT2D eigenvalue weighted by molar-refractivity contribution is 0.0553. The first-order valence-electron chi connectivity index (χ1n) is 11.7. The molecule has 0 radical (unpaired) electrons. The number of fused-ring (bicyclic) bond motifs is 1. The second-order valence-electron chi connectivity index (χ2n) is 9.25. The Morgan fingerprint density at radius 1 is 0.818 bits per heavy atom. The Balaban J connectivity index is 0.00000259. The lowest BCUT2D eigenvalue weighted by Gasteiger charge is -2.43. The molecule has 2 aliphatic rings. The molecular formula is C29H31ClN2O. The van der Waals surface area contributed by atoms with Gasteiger partial charge in [0.25, 0.3) is 0 Å². The minimum Gasteiger partial charge on any atom is -0.375 e. The van der Waals surface area contributed by atoms with Gasteiger partial charge in [-0.3, -0.25) is 0 Å². The number of hydrogen-bond donors (Lipinski definition) is 0. The first kappa shape index (κ1) is 23.5. The highest BCUT2D eigenvalue weighted by Gasteiger charge is 2.41. The highest BCUT2D eigenvalue weighted by molar-refractivity contribution is 5.85. The third kappa shape index (κ3) is 4.44. The molecule has 1 atom stereocenters. The Labute approximate surface area is 203 Å². The van der Waals surface area contributed by atoms with Gasteiger partial charge in [0.05, 0.1) is 24.7 Å². The summed E-state index contributed by atoms with van der Waals surface area (Å²) in [6.45, 7) is 4.32. The summed E-state index contributed by atoms with van der Waals surface area (Å²) in [6.07, 6.45) is 2.79. The summed E-state index contributed by atoms with van der Waals surface area (Å²) in [5.41, 5.74) is 4.73. The van der Waals surface area contributed by atoms with Crippen LogP contribution in [0.5, 0.6) is 0 Å². The van der Waals surface area contributed by atoms with Crippen molar-refractivity contribution in [2.45, 2.75) is 36.7 Å². The highest BCUT2D eigenvalue weighted by Crippen LogP contribution is 2.42. The predicted molar refractivity (Wildman–Crippen MR) is 135 cm³/mol. The maximum atomic E-state index is 10.0. The molecule has 1 fully saturated rings. The molecule has 0 spiro atoms. The van der Waals surface area contributed by atoms with Gasteiger partial charge in [0.1, 0.15) is 0 Å². The number of likely N-dealkylation sites (tertiary alicyclic amines) is 1. The fourth-order valence-corrected chi connectivity index (χ4v) is 5.60. The van der Waals surface area contributed by atoms with E-state index in [-0.39, 0.29) is 23.2 Å². The van der Waals surface area contributed by atoms with Crippen molar-refractivity contribution in [3.8, 4) is 6.07 Å². The van der Waals surface area contributed by atoms with E-state index in [0.717, 1.165) is 44.5 Å². The van der Waals surface area contributed by atoms with E-state index >= 15 is 0 Å². The maximum absolute atomic E-state index is 10.0. The second kappa shape index (κ2) is 10.1. The van der Waals surface area contributed by atoms with Gasteiger partial charge in [-0.1, -0.05) is 84.9 Å². The molecular weight excluding hydrogens is 428 g/mol. The first-order valence-corrected chi connectivity index (χ1v) is 11.7. The summed E-state index contributed by atoms with van der Waals surface area (Å²) < 4.78 is 6.15. The van der Waals surface area contributed by atoms with Crippen molar-refractivity contribution in [3.63, 3.8) is 0 Å². The highest BCUT2D eigenvalue weighted by atomic mass is 35.5. The molecule has 3 nitrogen and oxygen atoms in total. The number of rotatable bonds is 5. The summed E-state index contributed by atoms with van der Waals surface area (Å²) in [5.74, 6) is 0. The van der Waals surface area contributed by atoms with E-state index in [4.69, 9.17) is 4.74 Å². The van der Waals surface area contributed by atoms with Crippen molar-refractivity contribution < 1.29 is 4.74 Å². The molecule has 1 saturated heterocycles. The van der Waals surface area contributed by atoms with Gasteiger partial charge < -0.3 is 9.64 Å². The Morgan fingerprint density at radius 3 is 2.09 bits per heavy atom. The molecule has 170 valence electrons. The molecule has 0 amide bonds. The number of halogens is 1. The van der Waals surface area contributed by atoms with Crippen LogP contribution in [-0.2, 0) is 22.2 Å². The van der Waals surface area contributed by atoms with Gasteiger partial charge in [0.15, 0.2) is 0 Å². The van der Waals surface area contributed by atoms with Crippen LogP contribution >= 0.6 is 12.4 Å². The molecule has 3 aromatic rings. The van der Waals surface area contributed by atoms with Crippen LogP contribution in [0.4, 0.5) is 0 Å². The normalized spacial score (nSPS) is 21.9. The van der Waals surface area contributed by atoms with Gasteiger partial charge in [-0.15, -0.1) is 12.4 Å². The fourth-order valence-electron chi connectivity index (χ4n) is 5.60. The van der Waals surface area contributed by atoms with E-state index in [2.05, 4.69) is 77.7 Å². The Bertz CT molecular complexity index is 1090. The van der Waals surface area contributed by atoms with E-state index in [1.165, 1.54) is 16.7 Å². The lowest BCUT2D eigenvalue weighted by Crippen LogP contribution is -2.45. The van der Waals surface area contributed by atoms with Gasteiger partial charge in [-0.05, 0) is 61.2 Å². The average molecular weight is 459 g/mol. The van der Waals surface area contributed by atoms with E-state index in [1.807, 2.05) is 18.2 Å². The Hall–Kier alpha value is -2.64. The van der Waals surface area contributed by atoms with E-state index in [0.29, 0.717) is 13.2 Å². The summed E-state index contributed by atoms with van der Waals surface area (Å²) in [5, 5.41) is 10.0. The van der Waals surface area contributed by atoms with Crippen LogP contribution in [0.15, 0.2) is 84.9 Å². The first-order chi connectivity index (χ1) is 15.8. The van der Waals surface area contributed by atoms with Gasteiger partial charge >= 0.3 is 0 Å². The molecule has 0 aromatic heterocycles. The van der Waals surface area contributed by atoms with Crippen molar-refractivity contribution in [1.82, 2.24) is 4.90 Å². The number of benzene rings is 3. The fraction of sp³-hybridized carbons (Fsp3) is 0.345. The molecule has 2 heterocycles.